The van der Waals surface area contributed by atoms with Gasteiger partial charge in [0.15, 0.2) is 10.5 Å². The first-order chi connectivity index (χ1) is 11.0. The summed E-state index contributed by atoms with van der Waals surface area (Å²) in [6, 6.07) is 1.70. The molecule has 3 rings (SSSR count). The Morgan fingerprint density at radius 1 is 1.43 bits per heavy atom. The highest BCUT2D eigenvalue weighted by molar-refractivity contribution is 7.10. The van der Waals surface area contributed by atoms with Gasteiger partial charge in [0, 0.05) is 12.7 Å². The lowest BCUT2D eigenvalue weighted by molar-refractivity contribution is -0.720. The highest BCUT2D eigenvalue weighted by Gasteiger charge is 2.48. The van der Waals surface area contributed by atoms with Crippen LogP contribution in [0.3, 0.4) is 0 Å². The Morgan fingerprint density at radius 2 is 2.17 bits per heavy atom. The summed E-state index contributed by atoms with van der Waals surface area (Å²) in [7, 11) is 1.63. The molecule has 1 atom stereocenters. The molecule has 2 N–H and O–H groups in total. The Kier molecular flexibility index (Phi) is 3.37. The van der Waals surface area contributed by atoms with E-state index < -0.39 is 27.2 Å². The van der Waals surface area contributed by atoms with Crippen LogP contribution in [-0.2, 0) is 0 Å². The van der Waals surface area contributed by atoms with Crippen molar-refractivity contribution in [3.8, 4) is 0 Å². The predicted molar refractivity (Wildman–Crippen MR) is 78.3 cm³/mol. The molecule has 0 aliphatic heterocycles. The highest BCUT2D eigenvalue weighted by atomic mass is 32.1. The molecule has 12 heteroatoms. The van der Waals surface area contributed by atoms with Gasteiger partial charge in [-0.3, -0.25) is 10.1 Å². The molecule has 0 spiro atoms. The van der Waals surface area contributed by atoms with Crippen LogP contribution in [0.5, 0.6) is 0 Å². The zero-order chi connectivity index (χ0) is 16.7. The van der Waals surface area contributed by atoms with E-state index in [4.69, 9.17) is 0 Å². The van der Waals surface area contributed by atoms with Crippen molar-refractivity contribution in [2.24, 2.45) is 0 Å². The highest BCUT2D eigenvalue weighted by Crippen LogP contribution is 2.41. The van der Waals surface area contributed by atoms with Crippen LogP contribution in [0.15, 0.2) is 27.8 Å². The first-order valence-electron chi connectivity index (χ1n) is 6.23. The molecule has 0 saturated heterocycles. The summed E-state index contributed by atoms with van der Waals surface area (Å²) in [5.74, 6) is -1.08. The molecule has 11 nitrogen and oxygen atoms in total. The number of anilines is 1. The third kappa shape index (κ3) is 2.15. The number of H-pyrrole nitrogens is 1. The lowest BCUT2D eigenvalue weighted by Crippen LogP contribution is -2.30. The molecule has 0 fully saturated rings. The average molecular weight is 339 g/mol. The largest absolute Gasteiger partial charge is 0.612 e. The van der Waals surface area contributed by atoms with Gasteiger partial charge < -0.3 is 15.7 Å². The van der Waals surface area contributed by atoms with Crippen LogP contribution < -0.4 is 9.92 Å². The summed E-state index contributed by atoms with van der Waals surface area (Å²) in [5.41, 5.74) is -0.878. The minimum atomic E-state index is -1.08. The molecular weight excluding hydrogens is 330 g/mol. The van der Waals surface area contributed by atoms with E-state index in [1.807, 2.05) is 0 Å². The Labute approximate surface area is 131 Å². The Balaban J connectivity index is 2.35. The second kappa shape index (κ2) is 5.24. The SMILES string of the molecule is CNc1ccsc1C1C([N+](=O)[O-])=CC(=[N+]([O-])[O-])c2[nH]o[n+](=O)c21. The molecule has 1 unspecified atom stereocenters. The third-order valence-corrected chi connectivity index (χ3v) is 4.41. The standard InChI is InChI=1S/C11H9N5O6S/c1-12-5-2-3-23-11(5)8-6(14(17)18)4-7(15(19)20)9-10(8)16(21)22-13-9/h2-4,8,12-13H,1H3. The Hall–Kier alpha value is -3.15. The monoisotopic (exact) mass is 339 g/mol. The molecule has 23 heavy (non-hydrogen) atoms. The Morgan fingerprint density at radius 3 is 2.78 bits per heavy atom. The molecule has 1 aliphatic rings. The maximum Gasteiger partial charge on any atom is 0.289 e. The van der Waals surface area contributed by atoms with Gasteiger partial charge in [0.25, 0.3) is 22.8 Å². The minimum Gasteiger partial charge on any atom is -0.612 e. The number of aromatic amines is 1. The fraction of sp³-hybridized carbons (Fsp3) is 0.182. The molecule has 0 aromatic carbocycles. The van der Waals surface area contributed by atoms with Gasteiger partial charge >= 0.3 is 0 Å². The Bertz CT molecular complexity index is 902. The second-order valence-corrected chi connectivity index (χ2v) is 5.51. The number of thiophene rings is 1. The number of hydrogen-bond donors (Lipinski definition) is 2. The van der Waals surface area contributed by atoms with E-state index in [9.17, 15) is 25.4 Å². The zero-order valence-corrected chi connectivity index (χ0v) is 12.3. The number of fused-ring (bicyclic) bond motifs is 1. The van der Waals surface area contributed by atoms with Crippen molar-refractivity contribution in [2.75, 3.05) is 12.4 Å². The maximum absolute atomic E-state index is 11.9. The van der Waals surface area contributed by atoms with Gasteiger partial charge in [-0.2, -0.15) is 4.90 Å². The zero-order valence-electron chi connectivity index (χ0n) is 11.5. The van der Waals surface area contributed by atoms with Gasteiger partial charge in [-0.1, -0.05) is 9.79 Å². The number of allylic oxidation sites excluding steroid dienone is 2. The topological polar surface area (TPSA) is 156 Å². The molecule has 1 aliphatic carbocycles. The molecule has 0 amide bonds. The first kappa shape index (κ1) is 14.8. The number of nitrogens with zero attached hydrogens (tertiary/aromatic N) is 3. The van der Waals surface area contributed by atoms with E-state index in [-0.39, 0.29) is 16.0 Å². The van der Waals surface area contributed by atoms with Crippen molar-refractivity contribution in [2.45, 2.75) is 5.92 Å². The fourth-order valence-corrected chi connectivity index (χ4v) is 3.48. The molecule has 0 bridgehead atoms. The molecular formula is C11H9N5O6S. The molecule has 2 heterocycles. The van der Waals surface area contributed by atoms with Crippen molar-refractivity contribution in [3.63, 3.8) is 0 Å². The fourth-order valence-electron chi connectivity index (χ4n) is 2.46. The summed E-state index contributed by atoms with van der Waals surface area (Å²) in [6.45, 7) is 0. The van der Waals surface area contributed by atoms with Crippen molar-refractivity contribution in [1.29, 1.82) is 0 Å². The summed E-state index contributed by atoms with van der Waals surface area (Å²) in [6.07, 6.45) is 0.845. The smallest absolute Gasteiger partial charge is 0.289 e. The number of nitrogens with one attached hydrogen (secondary N) is 2. The van der Waals surface area contributed by atoms with Gasteiger partial charge in [-0.25, -0.2) is 0 Å². The van der Waals surface area contributed by atoms with Crippen molar-refractivity contribution in [1.82, 2.24) is 5.16 Å². The van der Waals surface area contributed by atoms with Crippen LogP contribution in [0.2, 0.25) is 0 Å². The molecule has 0 radical (unpaired) electrons. The number of rotatable bonds is 3. The van der Waals surface area contributed by atoms with E-state index in [1.54, 1.807) is 18.5 Å². The normalized spacial score (nSPS) is 16.7. The van der Waals surface area contributed by atoms with Crippen LogP contribution in [0.4, 0.5) is 5.69 Å². The quantitative estimate of drug-likeness (QED) is 0.474. The molecule has 0 saturated carbocycles. The van der Waals surface area contributed by atoms with Crippen molar-refractivity contribution in [3.05, 3.63) is 64.9 Å². The van der Waals surface area contributed by atoms with E-state index >= 15 is 0 Å². The summed E-state index contributed by atoms with van der Waals surface area (Å²) in [4.78, 5) is 22.3. The number of nitro groups is 1. The number of aromatic nitrogens is 2. The first-order valence-corrected chi connectivity index (χ1v) is 7.11. The predicted octanol–water partition coefficient (Wildman–Crippen LogP) is 0.729. The van der Waals surface area contributed by atoms with Gasteiger partial charge in [-0.05, 0) is 16.4 Å². The van der Waals surface area contributed by atoms with Crippen molar-refractivity contribution >= 4 is 22.7 Å². The van der Waals surface area contributed by atoms with E-state index in [2.05, 4.69) is 15.1 Å². The minimum absolute atomic E-state index is 0.0269. The molecule has 120 valence electrons. The van der Waals surface area contributed by atoms with Gasteiger partial charge in [-0.15, -0.1) is 11.3 Å². The van der Waals surface area contributed by atoms with Gasteiger partial charge in [0.1, 0.15) is 0 Å². The molecule has 2 aromatic heterocycles. The van der Waals surface area contributed by atoms with Gasteiger partial charge in [0.05, 0.1) is 15.9 Å². The molecule has 2 aromatic rings. The van der Waals surface area contributed by atoms with Crippen LogP contribution >= 0.6 is 11.3 Å². The number of hydrogen-bond acceptors (Lipinski definition) is 8. The van der Waals surface area contributed by atoms with Gasteiger partial charge in [0.2, 0.25) is 0 Å². The van der Waals surface area contributed by atoms with Crippen LogP contribution in [0, 0.1) is 25.4 Å². The average Bonchev–Trinajstić information content (AvgIpc) is 3.12. The summed E-state index contributed by atoms with van der Waals surface area (Å²) < 4.78 is 4.59. The third-order valence-electron chi connectivity index (χ3n) is 3.43. The van der Waals surface area contributed by atoms with E-state index in [0.717, 1.165) is 6.08 Å². The van der Waals surface area contributed by atoms with Crippen LogP contribution in [0.1, 0.15) is 22.2 Å². The summed E-state index contributed by atoms with van der Waals surface area (Å²) in [5, 5.41) is 40.4. The summed E-state index contributed by atoms with van der Waals surface area (Å²) >= 11 is 1.19. The lowest BCUT2D eigenvalue weighted by atomic mass is 9.90. The van der Waals surface area contributed by atoms with Crippen LogP contribution in [-0.4, -0.2) is 27.7 Å². The van der Waals surface area contributed by atoms with Crippen LogP contribution in [0.25, 0.3) is 0 Å². The van der Waals surface area contributed by atoms with Crippen molar-refractivity contribution < 1.29 is 19.1 Å². The lowest BCUT2D eigenvalue weighted by Gasteiger charge is -2.15. The van der Waals surface area contributed by atoms with E-state index in [1.165, 1.54) is 11.3 Å². The maximum atomic E-state index is 11.9. The van der Waals surface area contributed by atoms with E-state index in [0.29, 0.717) is 10.6 Å². The second-order valence-electron chi connectivity index (χ2n) is 4.56.